The lowest BCUT2D eigenvalue weighted by atomic mass is 10.3. The van der Waals surface area contributed by atoms with Gasteiger partial charge in [0.25, 0.3) is 5.91 Å². The van der Waals surface area contributed by atoms with Gasteiger partial charge in [0.2, 0.25) is 5.95 Å². The molecule has 1 aromatic heterocycles. The van der Waals surface area contributed by atoms with Gasteiger partial charge in [-0.1, -0.05) is 0 Å². The van der Waals surface area contributed by atoms with Gasteiger partial charge in [-0.25, -0.2) is 9.97 Å². The molecule has 0 unspecified atom stereocenters. The first-order chi connectivity index (χ1) is 10.4. The third-order valence-corrected chi connectivity index (χ3v) is 3.00. The van der Waals surface area contributed by atoms with Crippen molar-refractivity contribution in [1.29, 1.82) is 0 Å². The molecule has 7 nitrogen and oxygen atoms in total. The van der Waals surface area contributed by atoms with E-state index in [1.54, 1.807) is 6.07 Å². The molecule has 0 aliphatic heterocycles. The van der Waals surface area contributed by atoms with Gasteiger partial charge in [-0.15, -0.1) is 0 Å². The van der Waals surface area contributed by atoms with Crippen LogP contribution in [0.15, 0.2) is 6.07 Å². The SMILES string of the molecule is Cc1cc(C(=O)NCCN(C)C)nc(NCCCN(C)C)n1. The molecule has 0 aliphatic carbocycles. The summed E-state index contributed by atoms with van der Waals surface area (Å²) < 4.78 is 0. The second-order valence-electron chi connectivity index (χ2n) is 5.86. The van der Waals surface area contributed by atoms with E-state index in [1.165, 1.54) is 0 Å². The van der Waals surface area contributed by atoms with Crippen LogP contribution in [-0.4, -0.2) is 80.0 Å². The molecule has 1 heterocycles. The maximum absolute atomic E-state index is 12.1. The van der Waals surface area contributed by atoms with Crippen LogP contribution in [-0.2, 0) is 0 Å². The molecule has 0 fully saturated rings. The van der Waals surface area contributed by atoms with Crippen molar-refractivity contribution in [2.75, 3.05) is 59.7 Å². The normalized spacial score (nSPS) is 11.0. The fraction of sp³-hybridized carbons (Fsp3) is 0.667. The smallest absolute Gasteiger partial charge is 0.270 e. The van der Waals surface area contributed by atoms with Crippen LogP contribution < -0.4 is 10.6 Å². The number of amides is 1. The van der Waals surface area contributed by atoms with Gasteiger partial charge in [0.15, 0.2) is 0 Å². The number of hydrogen-bond acceptors (Lipinski definition) is 6. The first-order valence-electron chi connectivity index (χ1n) is 7.55. The summed E-state index contributed by atoms with van der Waals surface area (Å²) in [5.74, 6) is 0.347. The molecule has 0 aliphatic rings. The summed E-state index contributed by atoms with van der Waals surface area (Å²) in [6.07, 6.45) is 0.995. The largest absolute Gasteiger partial charge is 0.354 e. The first-order valence-corrected chi connectivity index (χ1v) is 7.55. The average molecular weight is 308 g/mol. The summed E-state index contributed by atoms with van der Waals surface area (Å²) in [4.78, 5) is 24.8. The molecule has 124 valence electrons. The lowest BCUT2D eigenvalue weighted by Crippen LogP contribution is -2.32. The van der Waals surface area contributed by atoms with Crippen molar-refractivity contribution in [3.63, 3.8) is 0 Å². The molecule has 0 bridgehead atoms. The van der Waals surface area contributed by atoms with Crippen molar-refractivity contribution >= 4 is 11.9 Å². The van der Waals surface area contributed by atoms with Crippen LogP contribution in [0.5, 0.6) is 0 Å². The quantitative estimate of drug-likeness (QED) is 0.645. The zero-order valence-electron chi connectivity index (χ0n) is 14.3. The Morgan fingerprint density at radius 2 is 1.77 bits per heavy atom. The molecule has 7 heteroatoms. The van der Waals surface area contributed by atoms with Crippen molar-refractivity contribution in [2.24, 2.45) is 0 Å². The lowest BCUT2D eigenvalue weighted by molar-refractivity contribution is 0.0946. The Kier molecular flexibility index (Phi) is 7.76. The Hall–Kier alpha value is -1.73. The monoisotopic (exact) mass is 308 g/mol. The summed E-state index contributed by atoms with van der Waals surface area (Å²) in [5, 5.41) is 6.03. The van der Waals surface area contributed by atoms with Crippen molar-refractivity contribution in [1.82, 2.24) is 25.1 Å². The van der Waals surface area contributed by atoms with Crippen molar-refractivity contribution in [3.8, 4) is 0 Å². The molecule has 1 rings (SSSR count). The molecule has 2 N–H and O–H groups in total. The van der Waals surface area contributed by atoms with Gasteiger partial charge in [-0.05, 0) is 54.1 Å². The molecule has 0 saturated heterocycles. The minimum atomic E-state index is -0.163. The summed E-state index contributed by atoms with van der Waals surface area (Å²) in [7, 11) is 8.02. The first kappa shape index (κ1) is 18.3. The van der Waals surface area contributed by atoms with Gasteiger partial charge in [0.1, 0.15) is 5.69 Å². The molecule has 0 atom stereocenters. The summed E-state index contributed by atoms with van der Waals surface area (Å²) >= 11 is 0. The molecule has 0 aromatic carbocycles. The van der Waals surface area contributed by atoms with E-state index in [4.69, 9.17) is 0 Å². The molecule has 1 amide bonds. The predicted octanol–water partition coefficient (Wildman–Crippen LogP) is 0.440. The second kappa shape index (κ2) is 9.32. The number of likely N-dealkylation sites (N-methyl/N-ethyl adjacent to an activating group) is 1. The van der Waals surface area contributed by atoms with Gasteiger partial charge < -0.3 is 20.4 Å². The molecule has 22 heavy (non-hydrogen) atoms. The van der Waals surface area contributed by atoms with Gasteiger partial charge >= 0.3 is 0 Å². The zero-order valence-corrected chi connectivity index (χ0v) is 14.3. The van der Waals surface area contributed by atoms with Crippen molar-refractivity contribution in [3.05, 3.63) is 17.5 Å². The molecule has 0 radical (unpaired) electrons. The maximum atomic E-state index is 12.1. The average Bonchev–Trinajstić information content (AvgIpc) is 2.42. The Morgan fingerprint density at radius 3 is 2.41 bits per heavy atom. The number of anilines is 1. The summed E-state index contributed by atoms with van der Waals surface area (Å²) in [6, 6.07) is 1.70. The number of aromatic nitrogens is 2. The van der Waals surface area contributed by atoms with Crippen LogP contribution in [0.4, 0.5) is 5.95 Å². The molecule has 0 spiro atoms. The zero-order chi connectivity index (χ0) is 16.5. The highest BCUT2D eigenvalue weighted by atomic mass is 16.1. The minimum Gasteiger partial charge on any atom is -0.354 e. The van der Waals surface area contributed by atoms with Crippen molar-refractivity contribution in [2.45, 2.75) is 13.3 Å². The number of nitrogens with one attached hydrogen (secondary N) is 2. The van der Waals surface area contributed by atoms with Crippen LogP contribution >= 0.6 is 0 Å². The topological polar surface area (TPSA) is 73.4 Å². The Morgan fingerprint density at radius 1 is 1.09 bits per heavy atom. The standard InChI is InChI=1S/C15H28N6O/c1-12-11-13(14(22)16-8-10-21(4)5)19-15(18-12)17-7-6-9-20(2)3/h11H,6-10H2,1-5H3,(H,16,22)(H,17,18,19). The number of nitrogens with zero attached hydrogens (tertiary/aromatic N) is 4. The van der Waals surface area contributed by atoms with Crippen LogP contribution in [0.25, 0.3) is 0 Å². The number of hydrogen-bond donors (Lipinski definition) is 2. The van der Waals surface area contributed by atoms with Crippen molar-refractivity contribution < 1.29 is 4.79 Å². The fourth-order valence-corrected chi connectivity index (χ4v) is 1.84. The van der Waals surface area contributed by atoms with Crippen LogP contribution in [0, 0.1) is 6.92 Å². The maximum Gasteiger partial charge on any atom is 0.270 e. The van der Waals surface area contributed by atoms with E-state index in [1.807, 2.05) is 40.0 Å². The van der Waals surface area contributed by atoms with E-state index in [0.29, 0.717) is 18.2 Å². The Balaban J connectivity index is 2.55. The molecular formula is C15H28N6O. The minimum absolute atomic E-state index is 0.163. The highest BCUT2D eigenvalue weighted by Gasteiger charge is 2.10. The highest BCUT2D eigenvalue weighted by Crippen LogP contribution is 2.05. The molecule has 0 saturated carbocycles. The fourth-order valence-electron chi connectivity index (χ4n) is 1.84. The number of carbonyl (C=O) groups is 1. The van der Waals surface area contributed by atoms with Gasteiger partial charge in [0.05, 0.1) is 0 Å². The van der Waals surface area contributed by atoms with E-state index < -0.39 is 0 Å². The molecular weight excluding hydrogens is 280 g/mol. The van der Waals surface area contributed by atoms with Crippen LogP contribution in [0.3, 0.4) is 0 Å². The van der Waals surface area contributed by atoms with E-state index in [-0.39, 0.29) is 5.91 Å². The second-order valence-corrected chi connectivity index (χ2v) is 5.86. The Labute approximate surface area is 133 Å². The van der Waals surface area contributed by atoms with Crippen LogP contribution in [0.1, 0.15) is 22.6 Å². The predicted molar refractivity (Wildman–Crippen MR) is 89.3 cm³/mol. The van der Waals surface area contributed by atoms with E-state index in [9.17, 15) is 4.79 Å². The summed E-state index contributed by atoms with van der Waals surface area (Å²) in [6.45, 7) is 5.04. The highest BCUT2D eigenvalue weighted by molar-refractivity contribution is 5.92. The summed E-state index contributed by atoms with van der Waals surface area (Å²) in [5.41, 5.74) is 1.18. The van der Waals surface area contributed by atoms with E-state index in [0.717, 1.165) is 31.7 Å². The lowest BCUT2D eigenvalue weighted by Gasteiger charge is -2.12. The van der Waals surface area contributed by atoms with Gasteiger partial charge in [-0.2, -0.15) is 0 Å². The van der Waals surface area contributed by atoms with E-state index >= 15 is 0 Å². The van der Waals surface area contributed by atoms with Crippen LogP contribution in [0.2, 0.25) is 0 Å². The Bertz CT molecular complexity index is 475. The third kappa shape index (κ3) is 7.33. The third-order valence-electron chi connectivity index (χ3n) is 3.00. The number of aryl methyl sites for hydroxylation is 1. The van der Waals surface area contributed by atoms with Gasteiger partial charge in [0, 0.05) is 25.3 Å². The van der Waals surface area contributed by atoms with Gasteiger partial charge in [-0.3, -0.25) is 4.79 Å². The van der Waals surface area contributed by atoms with E-state index in [2.05, 4.69) is 25.5 Å². The number of carbonyl (C=O) groups excluding carboxylic acids is 1. The number of rotatable bonds is 9. The molecule has 1 aromatic rings.